The number of benzene rings is 2. The van der Waals surface area contributed by atoms with E-state index < -0.39 is 0 Å². The summed E-state index contributed by atoms with van der Waals surface area (Å²) in [4.78, 5) is 1.45. The Morgan fingerprint density at radius 1 is 0.759 bits per heavy atom. The summed E-state index contributed by atoms with van der Waals surface area (Å²) in [6.45, 7) is 0. The molecule has 4 heteroatoms. The molecule has 0 radical (unpaired) electrons. The van der Waals surface area contributed by atoms with Crippen molar-refractivity contribution in [1.29, 1.82) is 0 Å². The standard InChI is InChI=1S/C25H32BrS3/c26-17-11-7-5-3-1-2-4-6-8-12-18-27-25-24(28-20-29-25)23-16-15-21-13-9-10-14-22(21)19-23/h9-10,13-16,19-20H,1-8,11-12,17-18H2/q+1. The molecule has 0 unspecified atom stereocenters. The third kappa shape index (κ3) is 7.97. The van der Waals surface area contributed by atoms with Crippen LogP contribution in [0, 0.1) is 0 Å². The van der Waals surface area contributed by atoms with Crippen molar-refractivity contribution in [1.82, 2.24) is 0 Å². The minimum atomic E-state index is 1.17. The Kier molecular flexibility index (Phi) is 11.1. The van der Waals surface area contributed by atoms with Crippen LogP contribution in [0.1, 0.15) is 64.2 Å². The average molecular weight is 509 g/mol. The second-order valence-electron chi connectivity index (χ2n) is 7.58. The largest absolute Gasteiger partial charge is 0.244 e. The summed E-state index contributed by atoms with van der Waals surface area (Å²) in [6.07, 6.45) is 14.0. The molecule has 0 nitrogen and oxygen atoms in total. The lowest BCUT2D eigenvalue weighted by Gasteiger charge is -2.03. The first-order valence-corrected chi connectivity index (χ1v) is 14.8. The van der Waals surface area contributed by atoms with Crippen LogP contribution in [0.25, 0.3) is 21.2 Å². The lowest BCUT2D eigenvalue weighted by molar-refractivity contribution is 0.564. The highest BCUT2D eigenvalue weighted by molar-refractivity contribution is 9.09. The Balaban J connectivity index is 1.33. The molecule has 3 rings (SSSR count). The van der Waals surface area contributed by atoms with Gasteiger partial charge in [-0.25, -0.2) is 0 Å². The second kappa shape index (κ2) is 13.8. The molecule has 0 aliphatic rings. The number of halogens is 1. The molecule has 0 saturated carbocycles. The van der Waals surface area contributed by atoms with Gasteiger partial charge in [0.25, 0.3) is 0 Å². The Morgan fingerprint density at radius 2 is 1.41 bits per heavy atom. The van der Waals surface area contributed by atoms with Crippen LogP contribution in [0.3, 0.4) is 0 Å². The van der Waals surface area contributed by atoms with Crippen LogP contribution in [0.4, 0.5) is 0 Å². The molecule has 0 N–H and O–H groups in total. The van der Waals surface area contributed by atoms with Crippen molar-refractivity contribution in [3.8, 4) is 10.4 Å². The molecule has 0 bridgehead atoms. The summed E-state index contributed by atoms with van der Waals surface area (Å²) in [5.74, 6) is 1.25. The van der Waals surface area contributed by atoms with Crippen molar-refractivity contribution in [2.24, 2.45) is 0 Å². The van der Waals surface area contributed by atoms with Gasteiger partial charge in [0.1, 0.15) is 0 Å². The maximum Gasteiger partial charge on any atom is 0.244 e. The zero-order valence-corrected chi connectivity index (χ0v) is 21.2. The molecule has 1 heterocycles. The van der Waals surface area contributed by atoms with Gasteiger partial charge in [-0.3, -0.25) is 0 Å². The predicted molar refractivity (Wildman–Crippen MR) is 140 cm³/mol. The quantitative estimate of drug-likeness (QED) is 0.0903. The highest BCUT2D eigenvalue weighted by Crippen LogP contribution is 2.41. The number of rotatable bonds is 14. The van der Waals surface area contributed by atoms with Crippen LogP contribution >= 0.6 is 50.4 Å². The third-order valence-electron chi connectivity index (χ3n) is 5.28. The van der Waals surface area contributed by atoms with Gasteiger partial charge in [-0.1, -0.05) is 115 Å². The van der Waals surface area contributed by atoms with E-state index in [9.17, 15) is 0 Å². The smallest absolute Gasteiger partial charge is 0.0928 e. The van der Waals surface area contributed by atoms with Crippen LogP contribution < -0.4 is 0 Å². The Labute approximate surface area is 197 Å². The lowest BCUT2D eigenvalue weighted by Crippen LogP contribution is -1.84. The zero-order valence-electron chi connectivity index (χ0n) is 17.2. The van der Waals surface area contributed by atoms with Gasteiger partial charge in [0.15, 0.2) is 4.88 Å². The first kappa shape index (κ1) is 23.2. The third-order valence-corrected chi connectivity index (χ3v) is 9.56. The Bertz CT molecular complexity index is 843. The molecular weight excluding hydrogens is 476 g/mol. The van der Waals surface area contributed by atoms with E-state index >= 15 is 0 Å². The van der Waals surface area contributed by atoms with Crippen LogP contribution in [0.15, 0.2) is 51.4 Å². The van der Waals surface area contributed by atoms with E-state index in [1.807, 2.05) is 22.7 Å². The SMILES string of the molecule is BrCCCCCCCCCCCCSc1[s+]csc1-c1ccc2ccccc2c1. The van der Waals surface area contributed by atoms with Crippen molar-refractivity contribution in [2.45, 2.75) is 68.4 Å². The molecule has 3 aromatic rings. The first-order chi connectivity index (χ1) is 14.4. The summed E-state index contributed by atoms with van der Waals surface area (Å²) in [5, 5.41) is 3.83. The molecule has 2 aromatic carbocycles. The van der Waals surface area contributed by atoms with Crippen LogP contribution in [-0.2, 0) is 0 Å². The van der Waals surface area contributed by atoms with Crippen molar-refractivity contribution in [3.63, 3.8) is 0 Å². The fourth-order valence-electron chi connectivity index (χ4n) is 3.61. The summed E-state index contributed by atoms with van der Waals surface area (Å²) >= 11 is 9.37. The topological polar surface area (TPSA) is 0 Å². The van der Waals surface area contributed by atoms with E-state index in [2.05, 4.69) is 74.9 Å². The van der Waals surface area contributed by atoms with E-state index in [-0.39, 0.29) is 0 Å². The van der Waals surface area contributed by atoms with Crippen LogP contribution in [-0.4, -0.2) is 11.1 Å². The fraction of sp³-hybridized carbons (Fsp3) is 0.480. The molecule has 29 heavy (non-hydrogen) atoms. The fourth-order valence-corrected chi connectivity index (χ4v) is 7.79. The second-order valence-corrected chi connectivity index (χ2v) is 11.8. The number of unbranched alkanes of at least 4 members (excludes halogenated alkanes) is 9. The maximum atomic E-state index is 3.51. The van der Waals surface area contributed by atoms with E-state index in [1.165, 1.54) is 101 Å². The van der Waals surface area contributed by atoms with Gasteiger partial charge in [-0.2, -0.15) is 0 Å². The van der Waals surface area contributed by atoms with Gasteiger partial charge in [0.2, 0.25) is 8.90 Å². The number of hydrogen-bond donors (Lipinski definition) is 0. The van der Waals surface area contributed by atoms with E-state index in [4.69, 9.17) is 0 Å². The van der Waals surface area contributed by atoms with E-state index in [1.54, 1.807) is 0 Å². The summed E-state index contributed by atoms with van der Waals surface area (Å²) in [7, 11) is 0. The maximum absolute atomic E-state index is 3.51. The Hall–Kier alpha value is -0.420. The minimum Gasteiger partial charge on any atom is -0.0928 e. The number of alkyl halides is 1. The molecule has 0 aliphatic carbocycles. The van der Waals surface area contributed by atoms with E-state index in [0.29, 0.717) is 0 Å². The predicted octanol–water partition coefficient (Wildman–Crippen LogP) is 10.3. The molecule has 0 spiro atoms. The molecular formula is C25H32BrS3+. The lowest BCUT2D eigenvalue weighted by atomic mass is 10.1. The highest BCUT2D eigenvalue weighted by atomic mass is 79.9. The van der Waals surface area contributed by atoms with Crippen LogP contribution in [0.5, 0.6) is 0 Å². The minimum absolute atomic E-state index is 1.17. The van der Waals surface area contributed by atoms with Gasteiger partial charge in [0, 0.05) is 16.6 Å². The van der Waals surface area contributed by atoms with Crippen molar-refractivity contribution in [2.75, 3.05) is 11.1 Å². The molecule has 0 fully saturated rings. The van der Waals surface area contributed by atoms with Crippen molar-refractivity contribution < 1.29 is 0 Å². The molecule has 0 saturated heterocycles. The van der Waals surface area contributed by atoms with Gasteiger partial charge < -0.3 is 0 Å². The summed E-state index contributed by atoms with van der Waals surface area (Å²) < 4.78 is 3.78. The highest BCUT2D eigenvalue weighted by Gasteiger charge is 2.18. The van der Waals surface area contributed by atoms with Gasteiger partial charge in [-0.15, -0.1) is 0 Å². The molecule has 0 aliphatic heterocycles. The van der Waals surface area contributed by atoms with Crippen LogP contribution in [0.2, 0.25) is 0 Å². The Morgan fingerprint density at radius 3 is 2.14 bits per heavy atom. The summed E-state index contributed by atoms with van der Waals surface area (Å²) in [5.41, 5.74) is 1.37. The normalized spacial score (nSPS) is 11.3. The van der Waals surface area contributed by atoms with Crippen molar-refractivity contribution >= 4 is 61.1 Å². The monoisotopic (exact) mass is 507 g/mol. The number of fused-ring (bicyclic) bond motifs is 1. The van der Waals surface area contributed by atoms with Crippen molar-refractivity contribution in [3.05, 3.63) is 47.2 Å². The molecule has 0 amide bonds. The van der Waals surface area contributed by atoms with Gasteiger partial charge in [0.05, 0.1) is 22.7 Å². The average Bonchev–Trinajstić information content (AvgIpc) is 3.23. The molecule has 0 atom stereocenters. The summed E-state index contributed by atoms with van der Waals surface area (Å²) in [6, 6.07) is 15.5. The first-order valence-electron chi connectivity index (χ1n) is 11.0. The number of hydrogen-bond acceptors (Lipinski definition) is 2. The molecule has 1 aromatic heterocycles. The number of thioether (sulfide) groups is 1. The van der Waals surface area contributed by atoms with Gasteiger partial charge >= 0.3 is 0 Å². The molecule has 156 valence electrons. The zero-order chi connectivity index (χ0) is 20.2. The van der Waals surface area contributed by atoms with Gasteiger partial charge in [-0.05, 0) is 29.7 Å². The van der Waals surface area contributed by atoms with E-state index in [0.717, 1.165) is 0 Å².